The minimum absolute atomic E-state index is 0.0184. The molecule has 5 nitrogen and oxygen atoms in total. The number of ether oxygens (including phenoxy) is 1. The molecule has 3 aromatic carbocycles. The zero-order chi connectivity index (χ0) is 24.6. The van der Waals surface area contributed by atoms with Crippen molar-refractivity contribution in [3.63, 3.8) is 0 Å². The van der Waals surface area contributed by atoms with Gasteiger partial charge in [-0.2, -0.15) is 0 Å². The van der Waals surface area contributed by atoms with Gasteiger partial charge in [0.15, 0.2) is 0 Å². The zero-order valence-corrected chi connectivity index (χ0v) is 20.8. The molecule has 0 saturated carbocycles. The second-order valence-electron chi connectivity index (χ2n) is 8.75. The number of halogens is 1. The number of benzene rings is 3. The number of nitrogens with zero attached hydrogens (tertiary/aromatic N) is 2. The number of para-hydroxylation sites is 1. The molecule has 0 aliphatic carbocycles. The lowest BCUT2D eigenvalue weighted by molar-refractivity contribution is 0.0586. The van der Waals surface area contributed by atoms with Gasteiger partial charge in [-0.15, -0.1) is 0 Å². The number of hydrogen-bond acceptors (Lipinski definition) is 3. The Kier molecular flexibility index (Phi) is 8.43. The molecule has 1 aliphatic heterocycles. The van der Waals surface area contributed by atoms with E-state index >= 15 is 0 Å². The number of rotatable bonds is 4. The van der Waals surface area contributed by atoms with Crippen molar-refractivity contribution < 1.29 is 14.3 Å². The van der Waals surface area contributed by atoms with Crippen LogP contribution in [-0.4, -0.2) is 53.9 Å². The standard InChI is InChI=1S/C29H31ClN2O3/c1-2-31-17-8-9-18-32(28(33)23-13-10-14-24(30)20-23)25(19-22-11-4-3-5-12-22)21-35-27-16-7-6-15-26(27)29(31)34/h3-7,10-16,20,25H,2,8-9,17-19,21H2,1H3/t25-/m0/s1. The van der Waals surface area contributed by atoms with Crippen LogP contribution in [0.25, 0.3) is 0 Å². The fourth-order valence-electron chi connectivity index (χ4n) is 4.50. The highest BCUT2D eigenvalue weighted by atomic mass is 35.5. The highest BCUT2D eigenvalue weighted by Gasteiger charge is 2.28. The van der Waals surface area contributed by atoms with Crippen LogP contribution < -0.4 is 4.74 Å². The van der Waals surface area contributed by atoms with Crippen molar-refractivity contribution in [2.75, 3.05) is 26.2 Å². The third-order valence-electron chi connectivity index (χ3n) is 6.38. The number of amides is 2. The third-order valence-corrected chi connectivity index (χ3v) is 6.62. The predicted molar refractivity (Wildman–Crippen MR) is 139 cm³/mol. The molecule has 0 bridgehead atoms. The Morgan fingerprint density at radius 3 is 2.49 bits per heavy atom. The molecule has 0 aromatic heterocycles. The van der Waals surface area contributed by atoms with E-state index in [1.54, 1.807) is 24.3 Å². The molecule has 4 rings (SSSR count). The van der Waals surface area contributed by atoms with E-state index in [9.17, 15) is 9.59 Å². The minimum atomic E-state index is -0.214. The summed E-state index contributed by atoms with van der Waals surface area (Å²) in [6.45, 7) is 4.08. The first-order chi connectivity index (χ1) is 17.1. The molecule has 35 heavy (non-hydrogen) atoms. The number of carbonyl (C=O) groups is 2. The van der Waals surface area contributed by atoms with Crippen molar-refractivity contribution in [3.8, 4) is 5.75 Å². The molecule has 1 atom stereocenters. The molecule has 1 heterocycles. The lowest BCUT2D eigenvalue weighted by Crippen LogP contribution is -2.46. The van der Waals surface area contributed by atoms with Gasteiger partial charge in [0.05, 0.1) is 11.6 Å². The fraction of sp³-hybridized carbons (Fsp3) is 0.310. The van der Waals surface area contributed by atoms with E-state index in [0.717, 1.165) is 18.4 Å². The van der Waals surface area contributed by atoms with Gasteiger partial charge >= 0.3 is 0 Å². The molecular formula is C29H31ClN2O3. The third kappa shape index (κ3) is 6.23. The van der Waals surface area contributed by atoms with Gasteiger partial charge in [-0.1, -0.05) is 60.1 Å². The quantitative estimate of drug-likeness (QED) is 0.469. The van der Waals surface area contributed by atoms with Crippen LogP contribution in [0, 0.1) is 0 Å². The molecule has 0 radical (unpaired) electrons. The summed E-state index contributed by atoms with van der Waals surface area (Å²) in [4.78, 5) is 30.7. The Balaban J connectivity index is 1.70. The summed E-state index contributed by atoms with van der Waals surface area (Å²) in [7, 11) is 0. The number of carbonyl (C=O) groups excluding carboxylic acids is 2. The molecule has 0 fully saturated rings. The van der Waals surface area contributed by atoms with E-state index < -0.39 is 0 Å². The highest BCUT2D eigenvalue weighted by Crippen LogP contribution is 2.24. The monoisotopic (exact) mass is 490 g/mol. The Morgan fingerprint density at radius 1 is 0.971 bits per heavy atom. The van der Waals surface area contributed by atoms with E-state index in [-0.39, 0.29) is 24.5 Å². The van der Waals surface area contributed by atoms with Crippen LogP contribution in [0.4, 0.5) is 0 Å². The molecule has 2 amide bonds. The number of fused-ring (bicyclic) bond motifs is 1. The normalized spacial score (nSPS) is 17.1. The van der Waals surface area contributed by atoms with Crippen molar-refractivity contribution in [2.45, 2.75) is 32.2 Å². The first-order valence-corrected chi connectivity index (χ1v) is 12.6. The summed E-state index contributed by atoms with van der Waals surface area (Å²) in [6, 6.07) is 24.4. The smallest absolute Gasteiger partial charge is 0.257 e. The highest BCUT2D eigenvalue weighted by molar-refractivity contribution is 6.30. The maximum Gasteiger partial charge on any atom is 0.257 e. The molecule has 0 spiro atoms. The van der Waals surface area contributed by atoms with Crippen LogP contribution in [0.5, 0.6) is 5.75 Å². The molecule has 1 aliphatic rings. The van der Waals surface area contributed by atoms with Crippen LogP contribution in [0.2, 0.25) is 5.02 Å². The summed E-state index contributed by atoms with van der Waals surface area (Å²) in [5.41, 5.74) is 2.24. The van der Waals surface area contributed by atoms with E-state index in [1.807, 2.05) is 59.2 Å². The van der Waals surface area contributed by atoms with Gasteiger partial charge in [0.1, 0.15) is 12.4 Å². The van der Waals surface area contributed by atoms with E-state index in [4.69, 9.17) is 16.3 Å². The predicted octanol–water partition coefficient (Wildman–Crippen LogP) is 5.73. The van der Waals surface area contributed by atoms with Crippen molar-refractivity contribution in [1.82, 2.24) is 9.80 Å². The van der Waals surface area contributed by atoms with Gasteiger partial charge in [0.2, 0.25) is 0 Å². The van der Waals surface area contributed by atoms with Crippen LogP contribution >= 0.6 is 11.6 Å². The van der Waals surface area contributed by atoms with Gasteiger partial charge < -0.3 is 14.5 Å². The summed E-state index contributed by atoms with van der Waals surface area (Å²) < 4.78 is 6.28. The topological polar surface area (TPSA) is 49.9 Å². The molecule has 3 aromatic rings. The Bertz CT molecular complexity index is 1150. The van der Waals surface area contributed by atoms with Gasteiger partial charge in [0.25, 0.3) is 11.8 Å². The fourth-order valence-corrected chi connectivity index (χ4v) is 4.69. The maximum atomic E-state index is 13.7. The zero-order valence-electron chi connectivity index (χ0n) is 20.0. The van der Waals surface area contributed by atoms with Gasteiger partial charge in [-0.05, 0) is 62.1 Å². The summed E-state index contributed by atoms with van der Waals surface area (Å²) in [5, 5.41) is 0.534. The number of hydrogen-bond donors (Lipinski definition) is 0. The minimum Gasteiger partial charge on any atom is -0.491 e. The molecule has 6 heteroatoms. The lowest BCUT2D eigenvalue weighted by atomic mass is 10.0. The van der Waals surface area contributed by atoms with Crippen LogP contribution in [0.3, 0.4) is 0 Å². The average molecular weight is 491 g/mol. The van der Waals surface area contributed by atoms with Crippen molar-refractivity contribution in [1.29, 1.82) is 0 Å². The summed E-state index contributed by atoms with van der Waals surface area (Å²) >= 11 is 6.21. The van der Waals surface area contributed by atoms with Crippen molar-refractivity contribution >= 4 is 23.4 Å². The first kappa shape index (κ1) is 24.8. The molecule has 0 unspecified atom stereocenters. The Labute approximate surface area is 212 Å². The van der Waals surface area contributed by atoms with Gasteiger partial charge in [0, 0.05) is 30.2 Å². The van der Waals surface area contributed by atoms with Crippen LogP contribution in [0.15, 0.2) is 78.9 Å². The Morgan fingerprint density at radius 2 is 1.71 bits per heavy atom. The molecule has 0 saturated heterocycles. The van der Waals surface area contributed by atoms with E-state index in [0.29, 0.717) is 48.0 Å². The van der Waals surface area contributed by atoms with Crippen LogP contribution in [0.1, 0.15) is 46.0 Å². The molecule has 0 N–H and O–H groups in total. The summed E-state index contributed by atoms with van der Waals surface area (Å²) in [5.74, 6) is 0.464. The SMILES string of the molecule is CCN1CCCCN(C(=O)c2cccc(Cl)c2)[C@@H](Cc2ccccc2)COc2ccccc2C1=O. The molecular weight excluding hydrogens is 460 g/mol. The maximum absolute atomic E-state index is 13.7. The Hall–Kier alpha value is -3.31. The first-order valence-electron chi connectivity index (χ1n) is 12.2. The second-order valence-corrected chi connectivity index (χ2v) is 9.19. The average Bonchev–Trinajstić information content (AvgIpc) is 2.88. The van der Waals surface area contributed by atoms with Gasteiger partial charge in [-0.25, -0.2) is 0 Å². The second kappa shape index (κ2) is 11.9. The largest absolute Gasteiger partial charge is 0.491 e. The van der Waals surface area contributed by atoms with Crippen molar-refractivity contribution in [2.24, 2.45) is 0 Å². The van der Waals surface area contributed by atoms with E-state index in [1.165, 1.54) is 0 Å². The van der Waals surface area contributed by atoms with Crippen molar-refractivity contribution in [3.05, 3.63) is 101 Å². The summed E-state index contributed by atoms with van der Waals surface area (Å²) in [6.07, 6.45) is 2.23. The van der Waals surface area contributed by atoms with E-state index in [2.05, 4.69) is 12.1 Å². The lowest BCUT2D eigenvalue weighted by Gasteiger charge is -2.33. The molecule has 182 valence electrons. The van der Waals surface area contributed by atoms with Gasteiger partial charge in [-0.3, -0.25) is 9.59 Å². The van der Waals surface area contributed by atoms with Crippen LogP contribution in [-0.2, 0) is 6.42 Å².